The first-order valence-electron chi connectivity index (χ1n) is 13.4. The van der Waals surface area contributed by atoms with Gasteiger partial charge >= 0.3 is 6.18 Å². The molecule has 2 heterocycles. The number of alkyl halides is 3. The van der Waals surface area contributed by atoms with E-state index in [-0.39, 0.29) is 28.5 Å². The van der Waals surface area contributed by atoms with E-state index in [1.807, 2.05) is 4.90 Å². The van der Waals surface area contributed by atoms with Gasteiger partial charge in [-0.05, 0) is 74.3 Å². The number of nitrogens with one attached hydrogen (secondary N) is 2. The molecule has 1 amide bonds. The molecule has 0 bridgehead atoms. The van der Waals surface area contributed by atoms with Crippen molar-refractivity contribution in [2.75, 3.05) is 40.4 Å². The number of para-hydroxylation sites is 1. The van der Waals surface area contributed by atoms with Gasteiger partial charge in [0.2, 0.25) is 15.8 Å². The third-order valence-electron chi connectivity index (χ3n) is 8.13. The van der Waals surface area contributed by atoms with Crippen LogP contribution in [0.1, 0.15) is 60.7 Å². The normalized spacial score (nSPS) is 18.8. The maximum absolute atomic E-state index is 13.8. The number of nitrogens with zero attached hydrogens (tertiary/aromatic N) is 3. The zero-order valence-corrected chi connectivity index (χ0v) is 22.5. The van der Waals surface area contributed by atoms with E-state index in [2.05, 4.69) is 15.0 Å². The molecule has 2 aliphatic carbocycles. The lowest BCUT2D eigenvalue weighted by Gasteiger charge is -2.35. The summed E-state index contributed by atoms with van der Waals surface area (Å²) in [5.74, 6) is -1.98. The molecule has 1 spiro atoms. The zero-order valence-electron chi connectivity index (χ0n) is 21.7. The van der Waals surface area contributed by atoms with Crippen LogP contribution < -0.4 is 14.9 Å². The molecule has 3 aromatic rings. The average molecular weight is 578 g/mol. The van der Waals surface area contributed by atoms with E-state index in [0.717, 1.165) is 12.8 Å². The molecule has 0 radical (unpaired) electrons. The van der Waals surface area contributed by atoms with Gasteiger partial charge in [-0.2, -0.15) is 13.2 Å². The van der Waals surface area contributed by atoms with Crippen LogP contribution in [-0.4, -0.2) is 54.4 Å². The molecule has 1 aliphatic heterocycles. The Kier molecular flexibility index (Phi) is 6.49. The van der Waals surface area contributed by atoms with E-state index in [0.29, 0.717) is 42.6 Å². The number of piperidine rings is 1. The number of imidazole rings is 1. The van der Waals surface area contributed by atoms with Crippen LogP contribution >= 0.6 is 0 Å². The van der Waals surface area contributed by atoms with Gasteiger partial charge in [-0.15, -0.1) is 0 Å². The number of fused-ring (bicyclic) bond motifs is 1. The molecule has 2 saturated carbocycles. The molecule has 2 aromatic carbocycles. The number of aromatic nitrogens is 2. The van der Waals surface area contributed by atoms with Gasteiger partial charge < -0.3 is 19.9 Å². The zero-order chi connectivity index (χ0) is 28.3. The number of hydrogen-bond acceptors (Lipinski definition) is 6. The average Bonchev–Trinajstić information content (AvgIpc) is 3.83. The fourth-order valence-electron chi connectivity index (χ4n) is 5.61. The highest BCUT2D eigenvalue weighted by Crippen LogP contribution is 2.54. The number of amides is 1. The summed E-state index contributed by atoms with van der Waals surface area (Å²) in [6.45, 7) is 0.863. The molecule has 1 aromatic heterocycles. The molecular formula is C27H30F3N5O4S. The number of anilines is 3. The van der Waals surface area contributed by atoms with Crippen molar-refractivity contribution in [1.82, 2.24) is 9.55 Å². The topological polar surface area (TPSA) is 117 Å². The van der Waals surface area contributed by atoms with Crippen LogP contribution in [0.4, 0.5) is 30.2 Å². The Labute approximate surface area is 229 Å². The van der Waals surface area contributed by atoms with Gasteiger partial charge in [0, 0.05) is 19.1 Å². The van der Waals surface area contributed by atoms with Crippen molar-refractivity contribution in [2.45, 2.75) is 50.7 Å². The van der Waals surface area contributed by atoms with Crippen LogP contribution in [0.3, 0.4) is 0 Å². The third kappa shape index (κ3) is 5.24. The van der Waals surface area contributed by atoms with Crippen molar-refractivity contribution in [3.05, 3.63) is 47.8 Å². The molecule has 1 saturated heterocycles. The van der Waals surface area contributed by atoms with Crippen LogP contribution in [0, 0.1) is 5.41 Å². The van der Waals surface area contributed by atoms with Crippen LogP contribution in [0.25, 0.3) is 11.0 Å². The Morgan fingerprint density at radius 2 is 1.82 bits per heavy atom. The summed E-state index contributed by atoms with van der Waals surface area (Å²) in [5.41, 5.74) is 1.97. The predicted octanol–water partition coefficient (Wildman–Crippen LogP) is 4.76. The molecule has 3 aliphatic rings. The second kappa shape index (κ2) is 9.65. The highest BCUT2D eigenvalue weighted by molar-refractivity contribution is 7.92. The van der Waals surface area contributed by atoms with Crippen molar-refractivity contribution in [3.8, 4) is 0 Å². The minimum absolute atomic E-state index is 0.0682. The lowest BCUT2D eigenvalue weighted by molar-refractivity contribution is -0.147. The molecule has 214 valence electrons. The highest BCUT2D eigenvalue weighted by atomic mass is 32.2. The van der Waals surface area contributed by atoms with Crippen molar-refractivity contribution >= 4 is 44.0 Å². The van der Waals surface area contributed by atoms with Crippen molar-refractivity contribution in [3.63, 3.8) is 0 Å². The maximum atomic E-state index is 13.8. The minimum atomic E-state index is -4.64. The molecule has 40 heavy (non-hydrogen) atoms. The summed E-state index contributed by atoms with van der Waals surface area (Å²) in [6, 6.07) is 8.99. The fraction of sp³-hybridized carbons (Fsp3) is 0.481. The summed E-state index contributed by atoms with van der Waals surface area (Å²) in [5, 5.41) is 11.8. The number of carbonyl (C=O) groups excluding carboxylic acids is 1. The van der Waals surface area contributed by atoms with Gasteiger partial charge in [-0.3, -0.25) is 9.52 Å². The number of rotatable bonds is 8. The number of halogens is 3. The SMILES string of the molecule is O=C(Nc1cccc2c1nc(C(F)(F)F)n2C1CC1)c1ccc(NS(=O)(=O)CCO)cc1N1CCC2(CC1)CC2. The summed E-state index contributed by atoms with van der Waals surface area (Å²) in [4.78, 5) is 19.6. The van der Waals surface area contributed by atoms with E-state index < -0.39 is 40.3 Å². The number of benzene rings is 2. The quantitative estimate of drug-likeness (QED) is 0.356. The van der Waals surface area contributed by atoms with Crippen LogP contribution in [0.2, 0.25) is 0 Å². The molecule has 6 rings (SSSR count). The lowest BCUT2D eigenvalue weighted by atomic mass is 9.93. The number of sulfonamides is 1. The van der Waals surface area contributed by atoms with Gasteiger partial charge in [0.15, 0.2) is 0 Å². The molecule has 0 atom stereocenters. The van der Waals surface area contributed by atoms with Gasteiger partial charge in [0.1, 0.15) is 5.52 Å². The Balaban J connectivity index is 1.34. The minimum Gasteiger partial charge on any atom is -0.395 e. The standard InChI is InChI=1S/C27H30F3N5O4S/c28-27(29,30)25-32-23-20(2-1-3-21(23)35(25)18-5-6-18)31-24(37)19-7-4-17(33-40(38,39)15-14-36)16-22(19)34-12-10-26(8-9-26)11-13-34/h1-4,7,16,18,33,36H,5-6,8-15H2,(H,31,37). The first-order valence-corrected chi connectivity index (χ1v) is 15.0. The Morgan fingerprint density at radius 3 is 2.45 bits per heavy atom. The Hall–Kier alpha value is -3.32. The smallest absolute Gasteiger partial charge is 0.395 e. The number of hydrogen-bond donors (Lipinski definition) is 3. The third-order valence-corrected chi connectivity index (χ3v) is 9.40. The number of aliphatic hydroxyl groups is 1. The Bertz CT molecular complexity index is 1570. The summed E-state index contributed by atoms with van der Waals surface area (Å²) in [6.07, 6.45) is 0.945. The van der Waals surface area contributed by atoms with Crippen LogP contribution in [0.15, 0.2) is 36.4 Å². The summed E-state index contributed by atoms with van der Waals surface area (Å²) >= 11 is 0. The molecule has 9 nitrogen and oxygen atoms in total. The largest absolute Gasteiger partial charge is 0.449 e. The Morgan fingerprint density at radius 1 is 1.10 bits per heavy atom. The molecule has 13 heteroatoms. The number of carbonyl (C=O) groups is 1. The van der Waals surface area contributed by atoms with Gasteiger partial charge in [-0.25, -0.2) is 13.4 Å². The van der Waals surface area contributed by atoms with E-state index in [9.17, 15) is 26.4 Å². The molecule has 0 unspecified atom stereocenters. The monoisotopic (exact) mass is 577 g/mol. The first kappa shape index (κ1) is 26.9. The van der Waals surface area contributed by atoms with E-state index >= 15 is 0 Å². The van der Waals surface area contributed by atoms with Crippen molar-refractivity contribution < 1.29 is 31.5 Å². The first-order chi connectivity index (χ1) is 19.0. The fourth-order valence-corrected chi connectivity index (χ4v) is 6.44. The van der Waals surface area contributed by atoms with Gasteiger partial charge in [0.25, 0.3) is 5.91 Å². The van der Waals surface area contributed by atoms with Gasteiger partial charge in [0.05, 0.1) is 40.5 Å². The van der Waals surface area contributed by atoms with E-state index in [1.165, 1.54) is 35.6 Å². The highest BCUT2D eigenvalue weighted by Gasteiger charge is 2.45. The second-order valence-corrected chi connectivity index (χ2v) is 12.9. The van der Waals surface area contributed by atoms with Gasteiger partial charge in [-0.1, -0.05) is 6.07 Å². The second-order valence-electron chi connectivity index (χ2n) is 11.0. The predicted molar refractivity (Wildman–Crippen MR) is 145 cm³/mol. The summed E-state index contributed by atoms with van der Waals surface area (Å²) < 4.78 is 69.6. The van der Waals surface area contributed by atoms with E-state index in [1.54, 1.807) is 18.2 Å². The molecular weight excluding hydrogens is 547 g/mol. The maximum Gasteiger partial charge on any atom is 0.449 e. The van der Waals surface area contributed by atoms with Crippen LogP contribution in [0.5, 0.6) is 0 Å². The molecule has 3 fully saturated rings. The van der Waals surface area contributed by atoms with Crippen molar-refractivity contribution in [2.24, 2.45) is 5.41 Å². The number of aliphatic hydroxyl groups excluding tert-OH is 1. The van der Waals surface area contributed by atoms with E-state index in [4.69, 9.17) is 5.11 Å². The van der Waals surface area contributed by atoms with Crippen LogP contribution in [-0.2, 0) is 16.2 Å². The van der Waals surface area contributed by atoms with Crippen molar-refractivity contribution in [1.29, 1.82) is 0 Å². The lowest BCUT2D eigenvalue weighted by Crippen LogP contribution is -2.35. The summed E-state index contributed by atoms with van der Waals surface area (Å²) in [7, 11) is -3.78. The molecule has 3 N–H and O–H groups in total.